The molecule has 0 aliphatic carbocycles. The number of hydrogen-bond donors (Lipinski definition) is 3. The molecule has 1 rings (SSSR count). The molecule has 0 saturated carbocycles. The molecule has 0 unspecified atom stereocenters. The lowest BCUT2D eigenvalue weighted by molar-refractivity contribution is -0.121. The molecule has 2 amide bonds. The van der Waals surface area contributed by atoms with Crippen molar-refractivity contribution >= 4 is 27.7 Å². The molecule has 0 aliphatic rings. The van der Waals surface area contributed by atoms with Crippen LogP contribution in [0.3, 0.4) is 0 Å². The van der Waals surface area contributed by atoms with Crippen LogP contribution in [0.4, 0.5) is 10.5 Å². The van der Waals surface area contributed by atoms with Gasteiger partial charge in [0.05, 0.1) is 10.6 Å². The van der Waals surface area contributed by atoms with Crippen molar-refractivity contribution in [1.29, 1.82) is 0 Å². The first kappa shape index (κ1) is 19.7. The van der Waals surface area contributed by atoms with Gasteiger partial charge in [-0.2, -0.15) is 0 Å². The topological polar surface area (TPSA) is 131 Å². The van der Waals surface area contributed by atoms with Gasteiger partial charge in [-0.05, 0) is 45.0 Å². The van der Waals surface area contributed by atoms with E-state index in [4.69, 9.17) is 9.88 Å². The molecule has 134 valence electrons. The van der Waals surface area contributed by atoms with E-state index in [-0.39, 0.29) is 11.4 Å². The van der Waals surface area contributed by atoms with E-state index < -0.39 is 27.6 Å². The molecule has 24 heavy (non-hydrogen) atoms. The maximum Gasteiger partial charge on any atom is 0.410 e. The van der Waals surface area contributed by atoms with E-state index in [9.17, 15) is 18.0 Å². The van der Waals surface area contributed by atoms with Gasteiger partial charge >= 0.3 is 6.09 Å². The van der Waals surface area contributed by atoms with Gasteiger partial charge in [0, 0.05) is 7.05 Å². The summed E-state index contributed by atoms with van der Waals surface area (Å²) in [7, 11) is -2.33. The Bertz CT molecular complexity index is 695. The van der Waals surface area contributed by atoms with Crippen LogP contribution in [0.2, 0.25) is 0 Å². The van der Waals surface area contributed by atoms with Gasteiger partial charge in [-0.3, -0.25) is 15.6 Å². The highest BCUT2D eigenvalue weighted by Gasteiger charge is 2.21. The van der Waals surface area contributed by atoms with Crippen molar-refractivity contribution in [3.8, 4) is 0 Å². The number of rotatable bonds is 5. The summed E-state index contributed by atoms with van der Waals surface area (Å²) >= 11 is 0. The van der Waals surface area contributed by atoms with Crippen LogP contribution in [0.25, 0.3) is 0 Å². The Kier molecular flexibility index (Phi) is 6.16. The van der Waals surface area contributed by atoms with Gasteiger partial charge in [0.2, 0.25) is 10.0 Å². The van der Waals surface area contributed by atoms with Crippen LogP contribution in [-0.2, 0) is 19.6 Å². The molecule has 0 heterocycles. The van der Waals surface area contributed by atoms with E-state index in [2.05, 4.69) is 10.9 Å². The molecular weight excluding hydrogens is 336 g/mol. The lowest BCUT2D eigenvalue weighted by Crippen LogP contribution is -2.42. The minimum absolute atomic E-state index is 0.0379. The molecular formula is C14H22N4O5S. The number of likely N-dealkylation sites (N-methyl/N-ethyl adjacent to an activating group) is 1. The normalized spacial score (nSPS) is 11.5. The Hall–Kier alpha value is -2.33. The molecule has 0 bridgehead atoms. The first-order valence-corrected chi connectivity index (χ1v) is 8.55. The average Bonchev–Trinajstić information content (AvgIpc) is 2.42. The summed E-state index contributed by atoms with van der Waals surface area (Å²) in [6, 6.07) is 5.49. The largest absolute Gasteiger partial charge is 0.444 e. The van der Waals surface area contributed by atoms with Crippen LogP contribution in [0.15, 0.2) is 29.2 Å². The number of primary sulfonamides is 1. The van der Waals surface area contributed by atoms with Crippen molar-refractivity contribution in [2.24, 2.45) is 5.14 Å². The molecule has 9 nitrogen and oxygen atoms in total. The van der Waals surface area contributed by atoms with Gasteiger partial charge in [-0.25, -0.2) is 18.4 Å². The number of sulfonamides is 1. The number of carbonyl (C=O) groups excluding carboxylic acids is 2. The predicted octanol–water partition coefficient (Wildman–Crippen LogP) is 0.644. The van der Waals surface area contributed by atoms with Gasteiger partial charge in [0.15, 0.2) is 0 Å². The molecule has 0 radical (unpaired) electrons. The third-order valence-electron chi connectivity index (χ3n) is 2.62. The SMILES string of the molecule is CN(CC(=O)NNc1ccc(S(N)(=O)=O)cc1)C(=O)OC(C)(C)C. The van der Waals surface area contributed by atoms with Crippen molar-refractivity contribution in [2.45, 2.75) is 31.3 Å². The number of nitrogens with zero attached hydrogens (tertiary/aromatic N) is 1. The number of nitrogens with one attached hydrogen (secondary N) is 2. The number of hydrogen-bond acceptors (Lipinski definition) is 6. The fourth-order valence-electron chi connectivity index (χ4n) is 1.53. The number of anilines is 1. The zero-order valence-electron chi connectivity index (χ0n) is 14.0. The number of carbonyl (C=O) groups is 2. The van der Waals surface area contributed by atoms with E-state index in [0.717, 1.165) is 4.90 Å². The van der Waals surface area contributed by atoms with E-state index in [1.165, 1.54) is 31.3 Å². The van der Waals surface area contributed by atoms with E-state index in [0.29, 0.717) is 5.69 Å². The van der Waals surface area contributed by atoms with Crippen LogP contribution in [0.1, 0.15) is 20.8 Å². The van der Waals surface area contributed by atoms with Crippen molar-refractivity contribution in [3.63, 3.8) is 0 Å². The molecule has 1 aromatic rings. The maximum atomic E-state index is 11.8. The molecule has 0 aromatic heterocycles. The highest BCUT2D eigenvalue weighted by atomic mass is 32.2. The maximum absolute atomic E-state index is 11.8. The van der Waals surface area contributed by atoms with Crippen LogP contribution >= 0.6 is 0 Å². The summed E-state index contributed by atoms with van der Waals surface area (Å²) in [5.41, 5.74) is 4.79. The smallest absolute Gasteiger partial charge is 0.410 e. The summed E-state index contributed by atoms with van der Waals surface area (Å²) in [5.74, 6) is -0.473. The molecule has 4 N–H and O–H groups in total. The number of hydrazine groups is 1. The van der Waals surface area contributed by atoms with Gasteiger partial charge in [-0.15, -0.1) is 0 Å². The lowest BCUT2D eigenvalue weighted by atomic mass is 10.2. The Morgan fingerprint density at radius 1 is 1.21 bits per heavy atom. The highest BCUT2D eigenvalue weighted by Crippen LogP contribution is 2.12. The number of benzene rings is 1. The van der Waals surface area contributed by atoms with Crippen LogP contribution < -0.4 is 16.0 Å². The second-order valence-electron chi connectivity index (χ2n) is 6.08. The molecule has 0 atom stereocenters. The number of ether oxygens (including phenoxy) is 1. The first-order valence-electron chi connectivity index (χ1n) is 7.00. The van der Waals surface area contributed by atoms with E-state index >= 15 is 0 Å². The molecule has 0 saturated heterocycles. The standard InChI is InChI=1S/C14H22N4O5S/c1-14(2,3)23-13(20)18(4)9-12(19)17-16-10-5-7-11(8-6-10)24(15,21)22/h5-8,16H,9H2,1-4H3,(H,17,19)(H2,15,21,22). The number of nitrogens with two attached hydrogens (primary N) is 1. The van der Waals surface area contributed by atoms with E-state index in [1.807, 2.05) is 0 Å². The molecule has 10 heteroatoms. The third-order valence-corrected chi connectivity index (χ3v) is 3.54. The Morgan fingerprint density at radius 3 is 2.21 bits per heavy atom. The molecule has 0 spiro atoms. The van der Waals surface area contributed by atoms with Crippen molar-refractivity contribution in [2.75, 3.05) is 19.0 Å². The summed E-state index contributed by atoms with van der Waals surface area (Å²) in [6.07, 6.45) is -0.616. The zero-order chi connectivity index (χ0) is 18.5. The predicted molar refractivity (Wildman–Crippen MR) is 88.4 cm³/mol. The van der Waals surface area contributed by atoms with Crippen molar-refractivity contribution in [1.82, 2.24) is 10.3 Å². The minimum Gasteiger partial charge on any atom is -0.444 e. The molecule has 1 aromatic carbocycles. The Morgan fingerprint density at radius 2 is 1.75 bits per heavy atom. The zero-order valence-corrected chi connectivity index (χ0v) is 14.8. The lowest BCUT2D eigenvalue weighted by Gasteiger charge is -2.24. The van der Waals surface area contributed by atoms with Gasteiger partial charge in [0.25, 0.3) is 5.91 Å². The summed E-state index contributed by atoms with van der Waals surface area (Å²) in [6.45, 7) is 4.97. The monoisotopic (exact) mass is 358 g/mol. The summed E-state index contributed by atoms with van der Waals surface area (Å²) in [4.78, 5) is 24.6. The van der Waals surface area contributed by atoms with E-state index in [1.54, 1.807) is 20.8 Å². The van der Waals surface area contributed by atoms with Gasteiger partial charge in [-0.1, -0.05) is 0 Å². The fourth-order valence-corrected chi connectivity index (χ4v) is 2.04. The fraction of sp³-hybridized carbons (Fsp3) is 0.429. The molecule has 0 fully saturated rings. The van der Waals surface area contributed by atoms with Gasteiger partial charge < -0.3 is 9.64 Å². The minimum atomic E-state index is -3.76. The van der Waals surface area contributed by atoms with Gasteiger partial charge in [0.1, 0.15) is 12.1 Å². The quantitative estimate of drug-likeness (QED) is 0.662. The Balaban J connectivity index is 2.50. The van der Waals surface area contributed by atoms with Crippen LogP contribution in [0, 0.1) is 0 Å². The second kappa shape index (κ2) is 7.49. The average molecular weight is 358 g/mol. The van der Waals surface area contributed by atoms with Crippen LogP contribution in [-0.4, -0.2) is 44.5 Å². The van der Waals surface area contributed by atoms with Crippen molar-refractivity contribution < 1.29 is 22.7 Å². The third kappa shape index (κ3) is 6.84. The van der Waals surface area contributed by atoms with Crippen LogP contribution in [0.5, 0.6) is 0 Å². The first-order chi connectivity index (χ1) is 10.9. The summed E-state index contributed by atoms with van der Waals surface area (Å²) in [5, 5.41) is 4.99. The molecule has 0 aliphatic heterocycles. The highest BCUT2D eigenvalue weighted by molar-refractivity contribution is 7.89. The number of amides is 2. The van der Waals surface area contributed by atoms with Crippen molar-refractivity contribution in [3.05, 3.63) is 24.3 Å². The Labute approximate surface area is 141 Å². The second-order valence-corrected chi connectivity index (χ2v) is 7.64. The summed E-state index contributed by atoms with van der Waals surface area (Å²) < 4.78 is 27.4.